The summed E-state index contributed by atoms with van der Waals surface area (Å²) in [5, 5.41) is 4.67. The number of hydrogen-bond donors (Lipinski definition) is 1. The van der Waals surface area contributed by atoms with E-state index in [2.05, 4.69) is 17.4 Å². The Labute approximate surface area is 189 Å². The molecule has 6 nitrogen and oxygen atoms in total. The van der Waals surface area contributed by atoms with Gasteiger partial charge in [-0.1, -0.05) is 48.0 Å². The molecule has 4 aromatic rings. The molecule has 2 aromatic heterocycles. The molecule has 0 aliphatic carbocycles. The number of aromatic nitrogens is 2. The van der Waals surface area contributed by atoms with Crippen LogP contribution in [0.1, 0.15) is 23.1 Å². The van der Waals surface area contributed by atoms with Gasteiger partial charge in [0, 0.05) is 6.54 Å². The molecule has 0 fully saturated rings. The van der Waals surface area contributed by atoms with Crippen molar-refractivity contribution < 1.29 is 4.79 Å². The van der Waals surface area contributed by atoms with Crippen LogP contribution in [0.5, 0.6) is 0 Å². The lowest BCUT2D eigenvalue weighted by atomic mass is 10.1. The van der Waals surface area contributed by atoms with Crippen LogP contribution in [0.2, 0.25) is 0 Å². The fourth-order valence-corrected chi connectivity index (χ4v) is 4.70. The van der Waals surface area contributed by atoms with E-state index >= 15 is 0 Å². The van der Waals surface area contributed by atoms with Gasteiger partial charge in [0.2, 0.25) is 5.91 Å². The Bertz CT molecular complexity index is 1380. The van der Waals surface area contributed by atoms with E-state index in [1.165, 1.54) is 26.0 Å². The van der Waals surface area contributed by atoms with E-state index in [1.54, 1.807) is 17.5 Å². The largest absolute Gasteiger partial charge is 0.355 e. The molecule has 0 unspecified atom stereocenters. The second-order valence-electron chi connectivity index (χ2n) is 7.87. The molecular formula is C25H25N3O3S. The fraction of sp³-hybridized carbons (Fsp3) is 0.240. The van der Waals surface area contributed by atoms with Crippen LogP contribution in [0.4, 0.5) is 0 Å². The van der Waals surface area contributed by atoms with Crippen molar-refractivity contribution in [2.45, 2.75) is 33.2 Å². The predicted molar refractivity (Wildman–Crippen MR) is 129 cm³/mol. The summed E-state index contributed by atoms with van der Waals surface area (Å²) in [5.41, 5.74) is 3.27. The van der Waals surface area contributed by atoms with Crippen molar-refractivity contribution in [2.24, 2.45) is 0 Å². The highest BCUT2D eigenvalue weighted by molar-refractivity contribution is 7.17. The summed E-state index contributed by atoms with van der Waals surface area (Å²) in [6.45, 7) is 4.22. The first-order valence-electron chi connectivity index (χ1n) is 10.6. The van der Waals surface area contributed by atoms with Crippen molar-refractivity contribution in [3.8, 4) is 5.69 Å². The number of rotatable bonds is 7. The van der Waals surface area contributed by atoms with Crippen LogP contribution < -0.4 is 16.6 Å². The monoisotopic (exact) mass is 447 g/mol. The molecule has 0 spiro atoms. The van der Waals surface area contributed by atoms with Crippen molar-refractivity contribution in [3.05, 3.63) is 97.5 Å². The standard InChI is InChI=1S/C25H25N3O3S/c1-17-10-11-20(18(2)15-17)28-24(30)23-21(12-14-32-23)27(25(28)31)16-22(29)26-13-6-9-19-7-4-3-5-8-19/h3-5,7-8,10-12,14-15H,6,9,13,16H2,1-2H3,(H,26,29). The van der Waals surface area contributed by atoms with Crippen LogP contribution >= 0.6 is 11.3 Å². The number of nitrogens with zero attached hydrogens (tertiary/aromatic N) is 2. The Morgan fingerprint density at radius 2 is 1.81 bits per heavy atom. The molecular weight excluding hydrogens is 422 g/mol. The molecule has 7 heteroatoms. The van der Waals surface area contributed by atoms with E-state index in [4.69, 9.17) is 0 Å². The van der Waals surface area contributed by atoms with Crippen molar-refractivity contribution in [2.75, 3.05) is 6.54 Å². The summed E-state index contributed by atoms with van der Waals surface area (Å²) in [7, 11) is 0. The lowest BCUT2D eigenvalue weighted by molar-refractivity contribution is -0.121. The number of carbonyl (C=O) groups excluding carboxylic acids is 1. The minimum atomic E-state index is -0.507. The molecule has 4 rings (SSSR count). The summed E-state index contributed by atoms with van der Waals surface area (Å²) < 4.78 is 3.02. The maximum absolute atomic E-state index is 13.3. The topological polar surface area (TPSA) is 73.1 Å². The number of hydrogen-bond acceptors (Lipinski definition) is 4. The van der Waals surface area contributed by atoms with Crippen molar-refractivity contribution >= 4 is 27.5 Å². The first-order valence-corrected chi connectivity index (χ1v) is 11.4. The molecule has 2 heterocycles. The van der Waals surface area contributed by atoms with Gasteiger partial charge in [-0.25, -0.2) is 9.36 Å². The summed E-state index contributed by atoms with van der Waals surface area (Å²) >= 11 is 1.28. The Kier molecular flexibility index (Phi) is 6.37. The summed E-state index contributed by atoms with van der Waals surface area (Å²) in [4.78, 5) is 39.1. The Balaban J connectivity index is 1.58. The number of carbonyl (C=O) groups is 1. The smallest absolute Gasteiger partial charge is 0.336 e. The molecule has 0 atom stereocenters. The van der Waals surface area contributed by atoms with Gasteiger partial charge >= 0.3 is 5.69 Å². The lowest BCUT2D eigenvalue weighted by Crippen LogP contribution is -2.41. The molecule has 164 valence electrons. The molecule has 0 saturated carbocycles. The van der Waals surface area contributed by atoms with Crippen LogP contribution in [0.25, 0.3) is 15.9 Å². The highest BCUT2D eigenvalue weighted by Gasteiger charge is 2.18. The molecule has 1 amide bonds. The maximum Gasteiger partial charge on any atom is 0.336 e. The van der Waals surface area contributed by atoms with E-state index in [0.717, 1.165) is 24.0 Å². The summed E-state index contributed by atoms with van der Waals surface area (Å²) in [5.74, 6) is -0.251. The molecule has 0 bridgehead atoms. The first kappa shape index (κ1) is 21.8. The zero-order chi connectivity index (χ0) is 22.7. The second-order valence-corrected chi connectivity index (χ2v) is 8.79. The minimum absolute atomic E-state index is 0.136. The van der Waals surface area contributed by atoms with Gasteiger partial charge in [0.1, 0.15) is 11.2 Å². The minimum Gasteiger partial charge on any atom is -0.355 e. The number of nitrogens with one attached hydrogen (secondary N) is 1. The molecule has 0 aliphatic heterocycles. The Morgan fingerprint density at radius 3 is 2.56 bits per heavy atom. The van der Waals surface area contributed by atoms with Crippen molar-refractivity contribution in [1.82, 2.24) is 14.5 Å². The predicted octanol–water partition coefficient (Wildman–Crippen LogP) is 3.58. The Morgan fingerprint density at radius 1 is 1.03 bits per heavy atom. The van der Waals surface area contributed by atoms with Crippen LogP contribution in [-0.4, -0.2) is 21.6 Å². The SMILES string of the molecule is Cc1ccc(-n2c(=O)c3sccc3n(CC(=O)NCCCc3ccccc3)c2=O)c(C)c1. The molecule has 2 aromatic carbocycles. The van der Waals surface area contributed by atoms with Gasteiger partial charge in [-0.05, 0) is 55.3 Å². The number of thiophene rings is 1. The van der Waals surface area contributed by atoms with Crippen LogP contribution in [0, 0.1) is 13.8 Å². The van der Waals surface area contributed by atoms with Gasteiger partial charge in [0.25, 0.3) is 5.56 Å². The van der Waals surface area contributed by atoms with E-state index in [-0.39, 0.29) is 18.0 Å². The molecule has 0 aliphatic rings. The third-order valence-corrected chi connectivity index (χ3v) is 6.35. The van der Waals surface area contributed by atoms with Crippen LogP contribution in [0.3, 0.4) is 0 Å². The normalized spacial score (nSPS) is 11.1. The first-order chi connectivity index (χ1) is 15.5. The lowest BCUT2D eigenvalue weighted by Gasteiger charge is -2.14. The number of amides is 1. The zero-order valence-electron chi connectivity index (χ0n) is 18.1. The van der Waals surface area contributed by atoms with Gasteiger partial charge in [-0.3, -0.25) is 14.2 Å². The van der Waals surface area contributed by atoms with Gasteiger partial charge in [-0.2, -0.15) is 0 Å². The molecule has 32 heavy (non-hydrogen) atoms. The highest BCUT2D eigenvalue weighted by atomic mass is 32.1. The van der Waals surface area contributed by atoms with E-state index in [9.17, 15) is 14.4 Å². The van der Waals surface area contributed by atoms with Gasteiger partial charge < -0.3 is 5.32 Å². The third-order valence-electron chi connectivity index (χ3n) is 5.46. The highest BCUT2D eigenvalue weighted by Crippen LogP contribution is 2.18. The van der Waals surface area contributed by atoms with Crippen molar-refractivity contribution in [3.63, 3.8) is 0 Å². The quantitative estimate of drug-likeness (QED) is 0.440. The number of benzene rings is 2. The van der Waals surface area contributed by atoms with E-state index in [1.807, 2.05) is 44.2 Å². The van der Waals surface area contributed by atoms with E-state index < -0.39 is 5.69 Å². The molecule has 1 N–H and O–H groups in total. The Hall–Kier alpha value is -3.45. The molecule has 0 radical (unpaired) electrons. The average Bonchev–Trinajstić information content (AvgIpc) is 3.27. The van der Waals surface area contributed by atoms with E-state index in [0.29, 0.717) is 22.4 Å². The van der Waals surface area contributed by atoms with Crippen molar-refractivity contribution in [1.29, 1.82) is 0 Å². The number of fused-ring (bicyclic) bond motifs is 1. The molecule has 0 saturated heterocycles. The van der Waals surface area contributed by atoms with Crippen LogP contribution in [-0.2, 0) is 17.8 Å². The van der Waals surface area contributed by atoms with Gasteiger partial charge in [0.05, 0.1) is 11.2 Å². The van der Waals surface area contributed by atoms with Gasteiger partial charge in [0.15, 0.2) is 0 Å². The fourth-order valence-electron chi connectivity index (χ4n) is 3.87. The third kappa shape index (κ3) is 4.43. The van der Waals surface area contributed by atoms with Crippen LogP contribution in [0.15, 0.2) is 69.6 Å². The maximum atomic E-state index is 13.3. The van der Waals surface area contributed by atoms with Gasteiger partial charge in [-0.15, -0.1) is 11.3 Å². The second kappa shape index (κ2) is 9.36. The summed E-state index contributed by atoms with van der Waals surface area (Å²) in [6, 6.07) is 17.4. The average molecular weight is 448 g/mol. The zero-order valence-corrected chi connectivity index (χ0v) is 18.9. The number of aryl methyl sites for hydroxylation is 3. The summed E-state index contributed by atoms with van der Waals surface area (Å²) in [6.07, 6.45) is 1.67.